The first-order chi connectivity index (χ1) is 12.4. The van der Waals surface area contributed by atoms with E-state index in [1.54, 1.807) is 12.1 Å². The summed E-state index contributed by atoms with van der Waals surface area (Å²) in [5.41, 5.74) is 1.60. The number of piperazine rings is 1. The highest BCUT2D eigenvalue weighted by Crippen LogP contribution is 2.18. The number of carbonyl (C=O) groups excluding carboxylic acids is 1. The number of unbranched alkanes of at least 4 members (excludes halogenated alkanes) is 1. The molecular formula is C20H31N3O3. The molecule has 1 aromatic rings. The topological polar surface area (TPSA) is 72.9 Å². The molecule has 6 nitrogen and oxygen atoms in total. The van der Waals surface area contributed by atoms with Crippen LogP contribution in [0.1, 0.15) is 50.4 Å². The van der Waals surface area contributed by atoms with Gasteiger partial charge in [-0.15, -0.1) is 0 Å². The average Bonchev–Trinajstić information content (AvgIpc) is 2.65. The molecule has 2 N–H and O–H groups in total. The smallest absolute Gasteiger partial charge is 0.326 e. The van der Waals surface area contributed by atoms with E-state index in [9.17, 15) is 14.7 Å². The van der Waals surface area contributed by atoms with Crippen molar-refractivity contribution in [3.63, 3.8) is 0 Å². The molecule has 0 saturated carbocycles. The van der Waals surface area contributed by atoms with Crippen molar-refractivity contribution < 1.29 is 14.7 Å². The van der Waals surface area contributed by atoms with Crippen LogP contribution >= 0.6 is 0 Å². The molecule has 1 aromatic carbocycles. The molecule has 2 rings (SSSR count). The van der Waals surface area contributed by atoms with E-state index in [4.69, 9.17) is 0 Å². The van der Waals surface area contributed by atoms with Gasteiger partial charge in [-0.3, -0.25) is 9.69 Å². The third-order valence-corrected chi connectivity index (χ3v) is 4.99. The van der Waals surface area contributed by atoms with Crippen molar-refractivity contribution in [2.45, 2.75) is 52.1 Å². The number of carbonyl (C=O) groups is 2. The van der Waals surface area contributed by atoms with E-state index in [1.807, 2.05) is 19.1 Å². The summed E-state index contributed by atoms with van der Waals surface area (Å²) >= 11 is 0. The van der Waals surface area contributed by atoms with Gasteiger partial charge in [0, 0.05) is 43.5 Å². The van der Waals surface area contributed by atoms with Gasteiger partial charge in [0.15, 0.2) is 0 Å². The number of amides is 1. The first kappa shape index (κ1) is 20.2. The lowest BCUT2D eigenvalue weighted by Gasteiger charge is -2.38. The van der Waals surface area contributed by atoms with Crippen LogP contribution in [0, 0.1) is 0 Å². The minimum atomic E-state index is -0.980. The third-order valence-electron chi connectivity index (χ3n) is 4.99. The van der Waals surface area contributed by atoms with E-state index < -0.39 is 12.0 Å². The normalized spacial score (nSPS) is 16.5. The molecule has 1 heterocycles. The van der Waals surface area contributed by atoms with Crippen LogP contribution in [-0.4, -0.2) is 60.1 Å². The van der Waals surface area contributed by atoms with E-state index in [1.165, 1.54) is 0 Å². The minimum Gasteiger partial charge on any atom is -0.480 e. The number of rotatable bonds is 8. The highest BCUT2D eigenvalue weighted by Gasteiger charge is 2.21. The molecule has 1 unspecified atom stereocenters. The molecule has 144 valence electrons. The predicted molar refractivity (Wildman–Crippen MR) is 104 cm³/mol. The van der Waals surface area contributed by atoms with Crippen molar-refractivity contribution in [1.29, 1.82) is 0 Å². The average molecular weight is 361 g/mol. The zero-order valence-electron chi connectivity index (χ0n) is 16.1. The van der Waals surface area contributed by atoms with Crippen LogP contribution in [0.25, 0.3) is 0 Å². The van der Waals surface area contributed by atoms with E-state index in [-0.39, 0.29) is 5.91 Å². The van der Waals surface area contributed by atoms with Gasteiger partial charge in [0.05, 0.1) is 0 Å². The lowest BCUT2D eigenvalue weighted by atomic mass is 10.1. The minimum absolute atomic E-state index is 0.329. The summed E-state index contributed by atoms with van der Waals surface area (Å²) in [6.07, 6.45) is 2.13. The zero-order chi connectivity index (χ0) is 19.1. The summed E-state index contributed by atoms with van der Waals surface area (Å²) in [6.45, 7) is 10.5. The number of nitrogens with one attached hydrogen (secondary N) is 1. The Hall–Kier alpha value is -2.08. The maximum Gasteiger partial charge on any atom is 0.326 e. The van der Waals surface area contributed by atoms with Crippen molar-refractivity contribution >= 4 is 17.6 Å². The van der Waals surface area contributed by atoms with Gasteiger partial charge in [-0.1, -0.05) is 19.8 Å². The molecule has 0 radical (unpaired) electrons. The predicted octanol–water partition coefficient (Wildman–Crippen LogP) is 2.59. The number of nitrogens with zero attached hydrogens (tertiary/aromatic N) is 2. The molecule has 6 heteroatoms. The van der Waals surface area contributed by atoms with Gasteiger partial charge < -0.3 is 15.3 Å². The Morgan fingerprint density at radius 1 is 1.12 bits per heavy atom. The first-order valence-electron chi connectivity index (χ1n) is 9.55. The van der Waals surface area contributed by atoms with E-state index in [0.29, 0.717) is 18.0 Å². The number of carboxylic acid groups (broad SMARTS) is 1. The van der Waals surface area contributed by atoms with Crippen LogP contribution in [0.15, 0.2) is 24.3 Å². The maximum absolute atomic E-state index is 12.3. The van der Waals surface area contributed by atoms with Gasteiger partial charge in [-0.25, -0.2) is 4.79 Å². The van der Waals surface area contributed by atoms with Gasteiger partial charge in [-0.05, 0) is 44.5 Å². The Morgan fingerprint density at radius 2 is 1.73 bits per heavy atom. The van der Waals surface area contributed by atoms with Gasteiger partial charge in [0.25, 0.3) is 5.91 Å². The highest BCUT2D eigenvalue weighted by atomic mass is 16.4. The number of hydrogen-bond acceptors (Lipinski definition) is 4. The van der Waals surface area contributed by atoms with Gasteiger partial charge in [0.2, 0.25) is 0 Å². The van der Waals surface area contributed by atoms with Crippen LogP contribution in [0.5, 0.6) is 0 Å². The Kier molecular flexibility index (Phi) is 7.45. The quantitative estimate of drug-likeness (QED) is 0.745. The molecule has 0 spiro atoms. The van der Waals surface area contributed by atoms with Crippen molar-refractivity contribution in [2.24, 2.45) is 0 Å². The van der Waals surface area contributed by atoms with Gasteiger partial charge in [0.1, 0.15) is 6.04 Å². The molecule has 0 bridgehead atoms. The molecule has 0 aliphatic carbocycles. The molecule has 1 aliphatic heterocycles. The van der Waals surface area contributed by atoms with E-state index in [2.05, 4.69) is 29.0 Å². The van der Waals surface area contributed by atoms with Crippen molar-refractivity contribution in [3.05, 3.63) is 29.8 Å². The zero-order valence-corrected chi connectivity index (χ0v) is 16.1. The van der Waals surface area contributed by atoms with Gasteiger partial charge >= 0.3 is 5.97 Å². The van der Waals surface area contributed by atoms with Crippen molar-refractivity contribution in [2.75, 3.05) is 31.1 Å². The summed E-state index contributed by atoms with van der Waals surface area (Å²) < 4.78 is 0. The van der Waals surface area contributed by atoms with Gasteiger partial charge in [-0.2, -0.15) is 0 Å². The molecule has 26 heavy (non-hydrogen) atoms. The van der Waals surface area contributed by atoms with Crippen LogP contribution in [-0.2, 0) is 4.79 Å². The molecule has 1 fully saturated rings. The second-order valence-corrected chi connectivity index (χ2v) is 7.17. The van der Waals surface area contributed by atoms with E-state index >= 15 is 0 Å². The van der Waals surface area contributed by atoms with Crippen molar-refractivity contribution in [1.82, 2.24) is 10.2 Å². The number of carboxylic acids is 1. The van der Waals surface area contributed by atoms with Crippen LogP contribution in [0.3, 0.4) is 0 Å². The summed E-state index contributed by atoms with van der Waals surface area (Å²) in [6, 6.07) is 7.18. The SMILES string of the molecule is CCCCC(NC(=O)c1ccc(N2CCN(C(C)C)CC2)cc1)C(=O)O. The Bertz CT molecular complexity index is 593. The highest BCUT2D eigenvalue weighted by molar-refractivity contribution is 5.96. The summed E-state index contributed by atoms with van der Waals surface area (Å²) in [4.78, 5) is 28.4. The Balaban J connectivity index is 1.94. The van der Waals surface area contributed by atoms with Crippen LogP contribution in [0.2, 0.25) is 0 Å². The lowest BCUT2D eigenvalue weighted by Crippen LogP contribution is -2.48. The standard InChI is InChI=1S/C20H31N3O3/c1-4-5-6-18(20(25)26)21-19(24)16-7-9-17(10-8-16)23-13-11-22(12-14-23)15(2)3/h7-10,15,18H,4-6,11-14H2,1-3H3,(H,21,24)(H,25,26). The summed E-state index contributed by atoms with van der Waals surface area (Å²) in [5, 5.41) is 11.9. The summed E-state index contributed by atoms with van der Waals surface area (Å²) in [5.74, 6) is -1.31. The van der Waals surface area contributed by atoms with Crippen LogP contribution < -0.4 is 10.2 Å². The fourth-order valence-corrected chi connectivity index (χ4v) is 3.23. The molecule has 1 amide bonds. The Labute approximate surface area is 156 Å². The second kappa shape index (κ2) is 9.57. The number of benzene rings is 1. The lowest BCUT2D eigenvalue weighted by molar-refractivity contribution is -0.139. The number of anilines is 1. The summed E-state index contributed by atoms with van der Waals surface area (Å²) in [7, 11) is 0. The fourth-order valence-electron chi connectivity index (χ4n) is 3.23. The fraction of sp³-hybridized carbons (Fsp3) is 0.600. The molecule has 1 saturated heterocycles. The number of aliphatic carboxylic acids is 1. The third kappa shape index (κ3) is 5.46. The Morgan fingerprint density at radius 3 is 2.23 bits per heavy atom. The van der Waals surface area contributed by atoms with Crippen molar-refractivity contribution in [3.8, 4) is 0 Å². The monoisotopic (exact) mass is 361 g/mol. The molecule has 1 aliphatic rings. The van der Waals surface area contributed by atoms with Crippen LogP contribution in [0.4, 0.5) is 5.69 Å². The number of hydrogen-bond donors (Lipinski definition) is 2. The largest absolute Gasteiger partial charge is 0.480 e. The molecule has 1 atom stereocenters. The molecular weight excluding hydrogens is 330 g/mol. The van der Waals surface area contributed by atoms with E-state index in [0.717, 1.165) is 44.7 Å². The first-order valence-corrected chi connectivity index (χ1v) is 9.55. The molecule has 0 aromatic heterocycles. The maximum atomic E-state index is 12.3. The second-order valence-electron chi connectivity index (χ2n) is 7.17.